The predicted molar refractivity (Wildman–Crippen MR) is 91.4 cm³/mol. The predicted octanol–water partition coefficient (Wildman–Crippen LogP) is 5.97. The molecule has 0 fully saturated rings. The summed E-state index contributed by atoms with van der Waals surface area (Å²) in [4.78, 5) is 10.9. The summed E-state index contributed by atoms with van der Waals surface area (Å²) in [5.74, 6) is -0.108. The zero-order chi connectivity index (χ0) is 15.6. The summed E-state index contributed by atoms with van der Waals surface area (Å²) in [5, 5.41) is 0. The van der Waals surface area contributed by atoms with E-state index in [9.17, 15) is 4.79 Å². The molecule has 0 aromatic heterocycles. The lowest BCUT2D eigenvalue weighted by Gasteiger charge is -1.96. The number of rotatable bonds is 14. The Morgan fingerprint density at radius 2 is 1.29 bits per heavy atom. The van der Waals surface area contributed by atoms with Crippen LogP contribution in [0.4, 0.5) is 0 Å². The van der Waals surface area contributed by atoms with Gasteiger partial charge in [0.05, 0.1) is 7.11 Å². The van der Waals surface area contributed by atoms with Gasteiger partial charge >= 0.3 is 5.97 Å². The van der Waals surface area contributed by atoms with E-state index in [1.165, 1.54) is 58.5 Å². The number of hydrogen-bond acceptors (Lipinski definition) is 2. The van der Waals surface area contributed by atoms with Gasteiger partial charge in [-0.2, -0.15) is 0 Å². The highest BCUT2D eigenvalue weighted by atomic mass is 16.5. The highest BCUT2D eigenvalue weighted by Crippen LogP contribution is 2.06. The van der Waals surface area contributed by atoms with Gasteiger partial charge in [0, 0.05) is 6.42 Å². The van der Waals surface area contributed by atoms with E-state index in [0.717, 1.165) is 19.3 Å². The van der Waals surface area contributed by atoms with Gasteiger partial charge in [0.15, 0.2) is 0 Å². The van der Waals surface area contributed by atoms with Gasteiger partial charge in [-0.15, -0.1) is 0 Å². The zero-order valence-corrected chi connectivity index (χ0v) is 14.1. The standard InChI is InChI=1S/C19H34O2/c1-3-4-5-6-7-8-9-10-11-12-13-14-15-16-17-18-19(20)21-2/h9-10,14-15H,3-8,11-13,16-18H2,1-2H3/b10-9-,15-14-. The summed E-state index contributed by atoms with van der Waals surface area (Å²) >= 11 is 0. The fourth-order valence-electron chi connectivity index (χ4n) is 2.16. The fraction of sp³-hybridized carbons (Fsp3) is 0.737. The van der Waals surface area contributed by atoms with Crippen LogP contribution in [0.25, 0.3) is 0 Å². The molecule has 0 bridgehead atoms. The third kappa shape index (κ3) is 16.9. The van der Waals surface area contributed by atoms with E-state index in [2.05, 4.69) is 36.0 Å². The van der Waals surface area contributed by atoms with Gasteiger partial charge in [-0.05, 0) is 44.9 Å². The Morgan fingerprint density at radius 3 is 1.86 bits per heavy atom. The van der Waals surface area contributed by atoms with Crippen molar-refractivity contribution >= 4 is 5.97 Å². The minimum atomic E-state index is -0.108. The van der Waals surface area contributed by atoms with Gasteiger partial charge < -0.3 is 4.74 Å². The van der Waals surface area contributed by atoms with Crippen LogP contribution in [0.5, 0.6) is 0 Å². The minimum Gasteiger partial charge on any atom is -0.469 e. The normalized spacial score (nSPS) is 11.5. The molecule has 122 valence electrons. The lowest BCUT2D eigenvalue weighted by atomic mass is 10.1. The van der Waals surface area contributed by atoms with E-state index in [-0.39, 0.29) is 5.97 Å². The van der Waals surface area contributed by atoms with Crippen molar-refractivity contribution in [3.63, 3.8) is 0 Å². The van der Waals surface area contributed by atoms with Crippen LogP contribution < -0.4 is 0 Å². The fourth-order valence-corrected chi connectivity index (χ4v) is 2.16. The van der Waals surface area contributed by atoms with Crippen molar-refractivity contribution in [1.82, 2.24) is 0 Å². The number of carbonyl (C=O) groups is 1. The van der Waals surface area contributed by atoms with Gasteiger partial charge in [-0.25, -0.2) is 0 Å². The van der Waals surface area contributed by atoms with Crippen molar-refractivity contribution in [2.24, 2.45) is 0 Å². The van der Waals surface area contributed by atoms with Crippen LogP contribution in [-0.2, 0) is 9.53 Å². The summed E-state index contributed by atoms with van der Waals surface area (Å²) in [5.41, 5.74) is 0. The molecule has 0 saturated carbocycles. The molecule has 0 aliphatic heterocycles. The zero-order valence-electron chi connectivity index (χ0n) is 14.1. The molecule has 0 spiro atoms. The molecule has 21 heavy (non-hydrogen) atoms. The van der Waals surface area contributed by atoms with Crippen molar-refractivity contribution < 1.29 is 9.53 Å². The topological polar surface area (TPSA) is 26.3 Å². The second-order valence-corrected chi connectivity index (χ2v) is 5.54. The highest BCUT2D eigenvalue weighted by Gasteiger charge is 1.96. The third-order valence-electron chi connectivity index (χ3n) is 3.53. The summed E-state index contributed by atoms with van der Waals surface area (Å²) in [6, 6.07) is 0. The largest absolute Gasteiger partial charge is 0.469 e. The molecule has 0 heterocycles. The molecule has 0 aliphatic rings. The Morgan fingerprint density at radius 1 is 0.762 bits per heavy atom. The first-order valence-electron chi connectivity index (χ1n) is 8.68. The molecule has 0 aromatic carbocycles. The lowest BCUT2D eigenvalue weighted by molar-refractivity contribution is -0.140. The van der Waals surface area contributed by atoms with E-state index in [1.807, 2.05) is 0 Å². The monoisotopic (exact) mass is 294 g/mol. The number of carbonyl (C=O) groups excluding carboxylic acids is 1. The van der Waals surface area contributed by atoms with Crippen molar-refractivity contribution in [2.45, 2.75) is 84.0 Å². The van der Waals surface area contributed by atoms with Crippen LogP contribution in [-0.4, -0.2) is 13.1 Å². The summed E-state index contributed by atoms with van der Waals surface area (Å²) in [6.07, 6.45) is 23.1. The number of unbranched alkanes of at least 4 members (excludes halogenated alkanes) is 8. The maximum absolute atomic E-state index is 10.9. The van der Waals surface area contributed by atoms with Gasteiger partial charge in [0.2, 0.25) is 0 Å². The van der Waals surface area contributed by atoms with E-state index in [4.69, 9.17) is 0 Å². The lowest BCUT2D eigenvalue weighted by Crippen LogP contribution is -1.98. The Bertz CT molecular complexity index is 279. The molecular formula is C19H34O2. The first-order valence-corrected chi connectivity index (χ1v) is 8.68. The summed E-state index contributed by atoms with van der Waals surface area (Å²) in [7, 11) is 1.44. The molecule has 0 N–H and O–H groups in total. The molecule has 0 amide bonds. The average Bonchev–Trinajstić information content (AvgIpc) is 2.50. The van der Waals surface area contributed by atoms with Crippen molar-refractivity contribution in [3.05, 3.63) is 24.3 Å². The second kappa shape index (κ2) is 17.0. The van der Waals surface area contributed by atoms with Crippen LogP contribution in [0.1, 0.15) is 84.0 Å². The molecule has 0 aliphatic carbocycles. The SMILES string of the molecule is CCCCCCC/C=C\CCC/C=C\CCCC(=O)OC. The van der Waals surface area contributed by atoms with E-state index in [1.54, 1.807) is 0 Å². The Hall–Kier alpha value is -1.05. The van der Waals surface area contributed by atoms with Crippen LogP contribution in [0.3, 0.4) is 0 Å². The highest BCUT2D eigenvalue weighted by molar-refractivity contribution is 5.68. The van der Waals surface area contributed by atoms with Crippen LogP contribution >= 0.6 is 0 Å². The summed E-state index contributed by atoms with van der Waals surface area (Å²) < 4.78 is 4.60. The first-order chi connectivity index (χ1) is 10.3. The summed E-state index contributed by atoms with van der Waals surface area (Å²) in [6.45, 7) is 2.26. The maximum atomic E-state index is 10.9. The number of hydrogen-bond donors (Lipinski definition) is 0. The van der Waals surface area contributed by atoms with E-state index >= 15 is 0 Å². The van der Waals surface area contributed by atoms with Gasteiger partial charge in [0.1, 0.15) is 0 Å². The van der Waals surface area contributed by atoms with Crippen LogP contribution in [0.15, 0.2) is 24.3 Å². The molecule has 0 aromatic rings. The van der Waals surface area contributed by atoms with Crippen molar-refractivity contribution in [2.75, 3.05) is 7.11 Å². The number of esters is 1. The Kier molecular flexibility index (Phi) is 16.2. The third-order valence-corrected chi connectivity index (χ3v) is 3.53. The molecule has 0 atom stereocenters. The molecule has 0 radical (unpaired) electrons. The van der Waals surface area contributed by atoms with Crippen molar-refractivity contribution in [1.29, 1.82) is 0 Å². The maximum Gasteiger partial charge on any atom is 0.305 e. The number of methoxy groups -OCH3 is 1. The Labute approximate surface area is 131 Å². The van der Waals surface area contributed by atoms with Gasteiger partial charge in [-0.1, -0.05) is 56.9 Å². The Balaban J connectivity index is 3.22. The average molecular weight is 294 g/mol. The quantitative estimate of drug-likeness (QED) is 0.224. The molecular weight excluding hydrogens is 260 g/mol. The molecule has 2 heteroatoms. The van der Waals surface area contributed by atoms with Crippen molar-refractivity contribution in [3.8, 4) is 0 Å². The van der Waals surface area contributed by atoms with Gasteiger partial charge in [-0.3, -0.25) is 4.79 Å². The molecule has 0 unspecified atom stereocenters. The molecule has 0 saturated heterocycles. The minimum absolute atomic E-state index is 0.108. The van der Waals surface area contributed by atoms with E-state index in [0.29, 0.717) is 6.42 Å². The number of allylic oxidation sites excluding steroid dienone is 4. The smallest absolute Gasteiger partial charge is 0.305 e. The van der Waals surface area contributed by atoms with Crippen LogP contribution in [0, 0.1) is 0 Å². The number of ether oxygens (including phenoxy) is 1. The molecule has 2 nitrogen and oxygen atoms in total. The first kappa shape index (κ1) is 19.9. The van der Waals surface area contributed by atoms with Gasteiger partial charge in [0.25, 0.3) is 0 Å². The second-order valence-electron chi connectivity index (χ2n) is 5.54. The van der Waals surface area contributed by atoms with Crippen LogP contribution in [0.2, 0.25) is 0 Å². The van der Waals surface area contributed by atoms with E-state index < -0.39 is 0 Å². The molecule has 0 rings (SSSR count).